The zero-order chi connectivity index (χ0) is 26.8. The van der Waals surface area contributed by atoms with Crippen molar-refractivity contribution in [3.05, 3.63) is 12.7 Å². The Balaban J connectivity index is 1.55. The predicted molar refractivity (Wildman–Crippen MR) is 142 cm³/mol. The van der Waals surface area contributed by atoms with E-state index in [-0.39, 0.29) is 35.1 Å². The summed E-state index contributed by atoms with van der Waals surface area (Å²) in [7, 11) is 0. The molecule has 3 saturated carbocycles. The lowest BCUT2D eigenvalue weighted by Gasteiger charge is -2.40. The molecule has 0 aromatic carbocycles. The van der Waals surface area contributed by atoms with E-state index in [4.69, 9.17) is 5.73 Å². The third kappa shape index (κ3) is 5.50. The van der Waals surface area contributed by atoms with Crippen molar-refractivity contribution in [1.29, 1.82) is 0 Å². The number of carbonyl (C=O) groups is 4. The molecule has 1 saturated heterocycles. The molecule has 0 bridgehead atoms. The standard InChI is InChI=1S/C29H46N4O4/c1-4-6-10-21(23(34)26(36)31-17-5-2)32-25(35)22-19-11-14-29(15-16-29)20(19)18-33(22)27(37)24(30)28(3)12-8-7-9-13-28/h5,19-22,24H,2,4,6-18,30H2,1,3H3,(H,31,36)(H,32,35)/t19-,20-,21?,22-,24+/m0/s1. The summed E-state index contributed by atoms with van der Waals surface area (Å²) < 4.78 is 0. The van der Waals surface area contributed by atoms with Crippen molar-refractivity contribution in [1.82, 2.24) is 15.5 Å². The first-order chi connectivity index (χ1) is 17.7. The predicted octanol–water partition coefficient (Wildman–Crippen LogP) is 2.85. The maximum Gasteiger partial charge on any atom is 0.289 e. The van der Waals surface area contributed by atoms with Gasteiger partial charge < -0.3 is 21.3 Å². The van der Waals surface area contributed by atoms with Gasteiger partial charge in [-0.25, -0.2) is 0 Å². The molecule has 4 fully saturated rings. The van der Waals surface area contributed by atoms with Gasteiger partial charge >= 0.3 is 0 Å². The van der Waals surface area contributed by atoms with Crippen LogP contribution >= 0.6 is 0 Å². The molecule has 1 heterocycles. The number of unbranched alkanes of at least 4 members (excludes halogenated alkanes) is 1. The van der Waals surface area contributed by atoms with E-state index in [9.17, 15) is 19.2 Å². The summed E-state index contributed by atoms with van der Waals surface area (Å²) >= 11 is 0. The second-order valence-electron chi connectivity index (χ2n) is 12.4. The first kappa shape index (κ1) is 27.8. The highest BCUT2D eigenvalue weighted by Gasteiger charge is 2.64. The Labute approximate surface area is 221 Å². The van der Waals surface area contributed by atoms with Crippen LogP contribution in [0.5, 0.6) is 0 Å². The Morgan fingerprint density at radius 1 is 1.11 bits per heavy atom. The first-order valence-electron chi connectivity index (χ1n) is 14.5. The quantitative estimate of drug-likeness (QED) is 0.289. The molecule has 206 valence electrons. The fourth-order valence-electron chi connectivity index (χ4n) is 7.39. The van der Waals surface area contributed by atoms with Crippen LogP contribution in [0.4, 0.5) is 0 Å². The number of fused-ring (bicyclic) bond motifs is 2. The van der Waals surface area contributed by atoms with Gasteiger partial charge in [-0.2, -0.15) is 0 Å². The van der Waals surface area contributed by atoms with Gasteiger partial charge in [0.2, 0.25) is 17.6 Å². The van der Waals surface area contributed by atoms with Crippen LogP contribution in [0.25, 0.3) is 0 Å². The van der Waals surface area contributed by atoms with Crippen molar-refractivity contribution >= 4 is 23.5 Å². The molecule has 4 N–H and O–H groups in total. The van der Waals surface area contributed by atoms with Crippen molar-refractivity contribution in [3.8, 4) is 0 Å². The highest BCUT2D eigenvalue weighted by Crippen LogP contribution is 2.66. The Kier molecular flexibility index (Phi) is 8.46. The van der Waals surface area contributed by atoms with Crippen molar-refractivity contribution in [3.63, 3.8) is 0 Å². The maximum absolute atomic E-state index is 13.9. The molecule has 37 heavy (non-hydrogen) atoms. The van der Waals surface area contributed by atoms with Gasteiger partial charge in [-0.15, -0.1) is 6.58 Å². The van der Waals surface area contributed by atoms with Gasteiger partial charge in [0, 0.05) is 13.1 Å². The third-order valence-corrected chi connectivity index (χ3v) is 9.98. The molecule has 1 aliphatic heterocycles. The summed E-state index contributed by atoms with van der Waals surface area (Å²) in [4.78, 5) is 54.9. The summed E-state index contributed by atoms with van der Waals surface area (Å²) in [6, 6.07) is -2.18. The first-order valence-corrected chi connectivity index (χ1v) is 14.5. The molecule has 1 spiro atoms. The van der Waals surface area contributed by atoms with Gasteiger partial charge in [-0.05, 0) is 67.6 Å². The van der Waals surface area contributed by atoms with Gasteiger partial charge in [0.15, 0.2) is 0 Å². The number of carbonyl (C=O) groups excluding carboxylic acids is 4. The SMILES string of the molecule is C=CCNC(=O)C(=O)C(CCCC)NC(=O)[C@@H]1[C@H]2CCC3(CC3)[C@H]2CN1C(=O)[C@@H](N)C1(C)CCCCC1. The second kappa shape index (κ2) is 11.3. The minimum absolute atomic E-state index is 0.0781. The smallest absolute Gasteiger partial charge is 0.289 e. The number of hydrogen-bond donors (Lipinski definition) is 3. The lowest BCUT2D eigenvalue weighted by atomic mass is 9.70. The molecule has 1 unspecified atom stereocenters. The number of likely N-dealkylation sites (tertiary alicyclic amines) is 1. The van der Waals surface area contributed by atoms with Crippen LogP contribution in [0.2, 0.25) is 0 Å². The van der Waals surface area contributed by atoms with Crippen LogP contribution in [0.15, 0.2) is 12.7 Å². The Morgan fingerprint density at radius 2 is 1.81 bits per heavy atom. The number of Topliss-reactive ketones (excluding diaryl/α,β-unsaturated/α-hetero) is 1. The van der Waals surface area contributed by atoms with Crippen LogP contribution in [-0.2, 0) is 19.2 Å². The number of rotatable bonds is 11. The van der Waals surface area contributed by atoms with E-state index >= 15 is 0 Å². The van der Waals surface area contributed by atoms with E-state index in [0.29, 0.717) is 25.3 Å². The summed E-state index contributed by atoms with van der Waals surface area (Å²) in [6.07, 6.45) is 12.9. The molecule has 4 aliphatic rings. The number of ketones is 1. The number of nitrogens with one attached hydrogen (secondary N) is 2. The fourth-order valence-corrected chi connectivity index (χ4v) is 7.39. The Hall–Kier alpha value is -2.22. The molecule has 8 nitrogen and oxygen atoms in total. The van der Waals surface area contributed by atoms with E-state index in [1.54, 1.807) is 4.90 Å². The summed E-state index contributed by atoms with van der Waals surface area (Å²) in [5.41, 5.74) is 6.67. The summed E-state index contributed by atoms with van der Waals surface area (Å²) in [5.74, 6) is -1.43. The number of nitrogens with two attached hydrogens (primary N) is 1. The van der Waals surface area contributed by atoms with Crippen molar-refractivity contribution in [2.45, 2.75) is 109 Å². The van der Waals surface area contributed by atoms with E-state index in [1.807, 2.05) is 6.92 Å². The zero-order valence-corrected chi connectivity index (χ0v) is 22.7. The van der Waals surface area contributed by atoms with Gasteiger partial charge in [-0.1, -0.05) is 52.0 Å². The third-order valence-electron chi connectivity index (χ3n) is 9.98. The molecule has 0 aromatic heterocycles. The van der Waals surface area contributed by atoms with E-state index in [2.05, 4.69) is 24.1 Å². The lowest BCUT2D eigenvalue weighted by molar-refractivity contribution is -0.144. The minimum atomic E-state index is -0.908. The molecule has 3 amide bonds. The Bertz CT molecular complexity index is 908. The topological polar surface area (TPSA) is 122 Å². The second-order valence-corrected chi connectivity index (χ2v) is 12.4. The molecule has 4 rings (SSSR count). The lowest BCUT2D eigenvalue weighted by Crippen LogP contribution is -2.59. The van der Waals surface area contributed by atoms with Gasteiger partial charge in [0.1, 0.15) is 6.04 Å². The van der Waals surface area contributed by atoms with Crippen LogP contribution in [-0.4, -0.2) is 59.6 Å². The Morgan fingerprint density at radius 3 is 2.43 bits per heavy atom. The monoisotopic (exact) mass is 514 g/mol. The highest BCUT2D eigenvalue weighted by molar-refractivity contribution is 6.38. The molecule has 5 atom stereocenters. The maximum atomic E-state index is 13.9. The van der Waals surface area contributed by atoms with Crippen LogP contribution in [0.3, 0.4) is 0 Å². The van der Waals surface area contributed by atoms with Crippen LogP contribution in [0, 0.1) is 22.7 Å². The number of amides is 3. The van der Waals surface area contributed by atoms with Crippen molar-refractivity contribution < 1.29 is 19.2 Å². The highest BCUT2D eigenvalue weighted by atomic mass is 16.2. The van der Waals surface area contributed by atoms with Crippen molar-refractivity contribution in [2.75, 3.05) is 13.1 Å². The molecular weight excluding hydrogens is 468 g/mol. The van der Waals surface area contributed by atoms with Crippen molar-refractivity contribution in [2.24, 2.45) is 28.4 Å². The summed E-state index contributed by atoms with van der Waals surface area (Å²) in [6.45, 7) is 8.44. The minimum Gasteiger partial charge on any atom is -0.346 e. The van der Waals surface area contributed by atoms with E-state index in [1.165, 1.54) is 12.5 Å². The van der Waals surface area contributed by atoms with Gasteiger partial charge in [0.05, 0.1) is 12.1 Å². The van der Waals surface area contributed by atoms with Gasteiger partial charge in [0.25, 0.3) is 5.91 Å². The average Bonchev–Trinajstić information content (AvgIpc) is 3.47. The zero-order valence-electron chi connectivity index (χ0n) is 22.7. The van der Waals surface area contributed by atoms with E-state index < -0.39 is 29.8 Å². The molecule has 0 radical (unpaired) electrons. The number of hydrogen-bond acceptors (Lipinski definition) is 5. The molecule has 8 heteroatoms. The molecular formula is C29H46N4O4. The molecule has 0 aromatic rings. The average molecular weight is 515 g/mol. The van der Waals surface area contributed by atoms with Crippen LogP contribution < -0.4 is 16.4 Å². The normalized spacial score (nSPS) is 28.7. The van der Waals surface area contributed by atoms with Gasteiger partial charge in [-0.3, -0.25) is 19.2 Å². The molecule has 3 aliphatic carbocycles. The van der Waals surface area contributed by atoms with E-state index in [0.717, 1.165) is 57.8 Å². The summed E-state index contributed by atoms with van der Waals surface area (Å²) in [5, 5.41) is 5.45. The van der Waals surface area contributed by atoms with Crippen LogP contribution in [0.1, 0.15) is 90.9 Å². The largest absolute Gasteiger partial charge is 0.346 e. The number of nitrogens with zero attached hydrogens (tertiary/aromatic N) is 1. The fraction of sp³-hybridized carbons (Fsp3) is 0.793.